The summed E-state index contributed by atoms with van der Waals surface area (Å²) in [6.07, 6.45) is 3.12. The third kappa shape index (κ3) is 2.63. The second kappa shape index (κ2) is 5.92. The number of aryl methyl sites for hydroxylation is 1. The molecule has 4 aromatic rings. The Balaban J connectivity index is 1.90. The Labute approximate surface area is 148 Å². The number of anilines is 1. The first-order chi connectivity index (χ1) is 12.5. The Morgan fingerprint density at radius 1 is 1.12 bits per heavy atom. The maximum atomic E-state index is 11.1. The summed E-state index contributed by atoms with van der Waals surface area (Å²) in [5.74, 6) is 0.907. The number of aromatic nitrogens is 4. The molecule has 0 saturated carbocycles. The predicted molar refractivity (Wildman–Crippen MR) is 97.9 cm³/mol. The van der Waals surface area contributed by atoms with Crippen molar-refractivity contribution in [3.05, 3.63) is 70.7 Å². The molecule has 2 aromatic carbocycles. The Bertz CT molecular complexity index is 1150. The molecular formula is C18H14N6O2. The van der Waals surface area contributed by atoms with Crippen molar-refractivity contribution in [1.82, 2.24) is 19.7 Å². The Hall–Kier alpha value is -3.81. The van der Waals surface area contributed by atoms with Gasteiger partial charge < -0.3 is 5.73 Å². The van der Waals surface area contributed by atoms with Gasteiger partial charge in [0.2, 0.25) is 0 Å². The highest BCUT2D eigenvalue weighted by Crippen LogP contribution is 2.30. The minimum Gasteiger partial charge on any atom is -0.384 e. The molecule has 0 saturated heterocycles. The molecule has 0 aliphatic heterocycles. The second-order valence-electron chi connectivity index (χ2n) is 5.89. The highest BCUT2D eigenvalue weighted by Gasteiger charge is 2.13. The van der Waals surface area contributed by atoms with Crippen LogP contribution in [0.15, 0.2) is 55.0 Å². The number of nitro groups is 1. The zero-order chi connectivity index (χ0) is 18.3. The molecule has 0 amide bonds. The van der Waals surface area contributed by atoms with Crippen molar-refractivity contribution in [3.63, 3.8) is 0 Å². The summed E-state index contributed by atoms with van der Waals surface area (Å²) in [6, 6.07) is 12.3. The molecule has 8 heteroatoms. The van der Waals surface area contributed by atoms with Gasteiger partial charge >= 0.3 is 0 Å². The van der Waals surface area contributed by atoms with E-state index in [1.807, 2.05) is 25.1 Å². The quantitative estimate of drug-likeness (QED) is 0.450. The summed E-state index contributed by atoms with van der Waals surface area (Å²) in [5.41, 5.74) is 9.24. The van der Waals surface area contributed by atoms with E-state index in [9.17, 15) is 10.1 Å². The molecule has 0 atom stereocenters. The zero-order valence-corrected chi connectivity index (χ0v) is 13.8. The highest BCUT2D eigenvalue weighted by atomic mass is 16.6. The second-order valence-corrected chi connectivity index (χ2v) is 5.89. The maximum Gasteiger partial charge on any atom is 0.270 e. The lowest BCUT2D eigenvalue weighted by Gasteiger charge is -2.08. The van der Waals surface area contributed by atoms with Gasteiger partial charge in [-0.05, 0) is 29.7 Å². The van der Waals surface area contributed by atoms with Gasteiger partial charge in [-0.2, -0.15) is 5.10 Å². The molecule has 0 spiro atoms. The van der Waals surface area contributed by atoms with Gasteiger partial charge in [0.1, 0.15) is 12.1 Å². The van der Waals surface area contributed by atoms with E-state index in [1.165, 1.54) is 12.4 Å². The van der Waals surface area contributed by atoms with Crippen LogP contribution in [-0.2, 0) is 0 Å². The highest BCUT2D eigenvalue weighted by molar-refractivity contribution is 5.86. The molecule has 0 radical (unpaired) electrons. The van der Waals surface area contributed by atoms with E-state index in [4.69, 9.17) is 5.73 Å². The van der Waals surface area contributed by atoms with Gasteiger partial charge in [0.25, 0.3) is 5.69 Å². The van der Waals surface area contributed by atoms with Crippen molar-refractivity contribution in [1.29, 1.82) is 0 Å². The molecule has 4 rings (SSSR count). The van der Waals surface area contributed by atoms with E-state index in [1.54, 1.807) is 29.1 Å². The smallest absolute Gasteiger partial charge is 0.270 e. The van der Waals surface area contributed by atoms with Crippen LogP contribution in [0, 0.1) is 17.0 Å². The van der Waals surface area contributed by atoms with Crippen molar-refractivity contribution >= 4 is 22.4 Å². The van der Waals surface area contributed by atoms with Crippen LogP contribution in [0.1, 0.15) is 5.56 Å². The first-order valence-electron chi connectivity index (χ1n) is 7.84. The number of non-ortho nitro benzene ring substituents is 1. The fourth-order valence-corrected chi connectivity index (χ4v) is 2.88. The SMILES string of the molecule is Cc1ccc([N+](=O)[O-])cc1-c1ccc2cnn(-c3cc(N)ncn3)c2c1. The molecule has 2 N–H and O–H groups in total. The number of hydrogen-bond acceptors (Lipinski definition) is 6. The van der Waals surface area contributed by atoms with E-state index in [0.29, 0.717) is 11.6 Å². The fourth-order valence-electron chi connectivity index (χ4n) is 2.88. The molecule has 26 heavy (non-hydrogen) atoms. The van der Waals surface area contributed by atoms with Gasteiger partial charge in [0.05, 0.1) is 16.6 Å². The monoisotopic (exact) mass is 346 g/mol. The van der Waals surface area contributed by atoms with Gasteiger partial charge in [-0.3, -0.25) is 10.1 Å². The minimum absolute atomic E-state index is 0.0581. The molecule has 0 fully saturated rings. The van der Waals surface area contributed by atoms with Gasteiger partial charge in [-0.1, -0.05) is 18.2 Å². The number of fused-ring (bicyclic) bond motifs is 1. The molecule has 2 aromatic heterocycles. The summed E-state index contributed by atoms with van der Waals surface area (Å²) in [4.78, 5) is 18.8. The van der Waals surface area contributed by atoms with Crippen LogP contribution < -0.4 is 5.73 Å². The lowest BCUT2D eigenvalue weighted by molar-refractivity contribution is -0.384. The minimum atomic E-state index is -0.393. The van der Waals surface area contributed by atoms with Crippen LogP contribution in [0.2, 0.25) is 0 Å². The largest absolute Gasteiger partial charge is 0.384 e. The van der Waals surface area contributed by atoms with E-state index < -0.39 is 4.92 Å². The van der Waals surface area contributed by atoms with Crippen molar-refractivity contribution < 1.29 is 4.92 Å². The normalized spacial score (nSPS) is 11.0. The van der Waals surface area contributed by atoms with Crippen molar-refractivity contribution in [3.8, 4) is 16.9 Å². The number of nitro benzene ring substituents is 1. The standard InChI is InChI=1S/C18H14N6O2/c1-11-2-5-14(24(25)26)7-15(11)12-3-4-13-9-22-23(16(13)6-12)18-8-17(19)20-10-21-18/h2-10H,1H3,(H2,19,20,21). The molecular weight excluding hydrogens is 332 g/mol. The first-order valence-corrected chi connectivity index (χ1v) is 7.84. The van der Waals surface area contributed by atoms with Crippen LogP contribution >= 0.6 is 0 Å². The Morgan fingerprint density at radius 3 is 2.73 bits per heavy atom. The summed E-state index contributed by atoms with van der Waals surface area (Å²) >= 11 is 0. The van der Waals surface area contributed by atoms with Crippen LogP contribution in [0.3, 0.4) is 0 Å². The lowest BCUT2D eigenvalue weighted by atomic mass is 9.99. The van der Waals surface area contributed by atoms with Gasteiger partial charge in [0, 0.05) is 23.6 Å². The van der Waals surface area contributed by atoms with Crippen LogP contribution in [0.25, 0.3) is 27.8 Å². The number of nitrogen functional groups attached to an aromatic ring is 1. The Kier molecular flexibility index (Phi) is 3.58. The molecule has 2 heterocycles. The lowest BCUT2D eigenvalue weighted by Crippen LogP contribution is -2.02. The van der Waals surface area contributed by atoms with E-state index in [-0.39, 0.29) is 5.69 Å². The number of hydrogen-bond donors (Lipinski definition) is 1. The molecule has 0 unspecified atom stereocenters. The van der Waals surface area contributed by atoms with Crippen molar-refractivity contribution in [2.75, 3.05) is 5.73 Å². The first kappa shape index (κ1) is 15.7. The van der Waals surface area contributed by atoms with Gasteiger partial charge in [-0.25, -0.2) is 14.6 Å². The van der Waals surface area contributed by atoms with Crippen LogP contribution in [0.4, 0.5) is 11.5 Å². The summed E-state index contributed by atoms with van der Waals surface area (Å²) < 4.78 is 1.67. The summed E-state index contributed by atoms with van der Waals surface area (Å²) in [5, 5.41) is 16.4. The third-order valence-electron chi connectivity index (χ3n) is 4.20. The number of benzene rings is 2. The maximum absolute atomic E-state index is 11.1. The topological polar surface area (TPSA) is 113 Å². The molecule has 0 bridgehead atoms. The third-order valence-corrected chi connectivity index (χ3v) is 4.20. The molecule has 0 aliphatic rings. The number of nitrogens with zero attached hydrogens (tertiary/aromatic N) is 5. The van der Waals surface area contributed by atoms with Crippen molar-refractivity contribution in [2.45, 2.75) is 6.92 Å². The molecule has 8 nitrogen and oxygen atoms in total. The zero-order valence-electron chi connectivity index (χ0n) is 13.8. The number of rotatable bonds is 3. The van der Waals surface area contributed by atoms with Gasteiger partial charge in [0.15, 0.2) is 5.82 Å². The van der Waals surface area contributed by atoms with E-state index >= 15 is 0 Å². The van der Waals surface area contributed by atoms with Gasteiger partial charge in [-0.15, -0.1) is 0 Å². The average Bonchev–Trinajstić information content (AvgIpc) is 3.05. The van der Waals surface area contributed by atoms with Crippen LogP contribution in [-0.4, -0.2) is 24.7 Å². The van der Waals surface area contributed by atoms with E-state index in [2.05, 4.69) is 15.1 Å². The van der Waals surface area contributed by atoms with E-state index in [0.717, 1.165) is 27.6 Å². The fraction of sp³-hybridized carbons (Fsp3) is 0.0556. The molecule has 0 aliphatic carbocycles. The number of nitrogens with two attached hydrogens (primary N) is 1. The summed E-state index contributed by atoms with van der Waals surface area (Å²) in [6.45, 7) is 1.92. The van der Waals surface area contributed by atoms with Crippen LogP contribution in [0.5, 0.6) is 0 Å². The summed E-state index contributed by atoms with van der Waals surface area (Å²) in [7, 11) is 0. The van der Waals surface area contributed by atoms with Crippen molar-refractivity contribution in [2.24, 2.45) is 0 Å². The Morgan fingerprint density at radius 2 is 1.96 bits per heavy atom. The molecule has 128 valence electrons. The predicted octanol–water partition coefficient (Wildman–Crippen LogP) is 3.28. The average molecular weight is 346 g/mol.